The molecule has 0 aliphatic heterocycles. The van der Waals surface area contributed by atoms with Crippen molar-refractivity contribution in [3.8, 4) is 22.6 Å². The molecule has 1 aliphatic carbocycles. The Labute approximate surface area is 161 Å². The minimum Gasteiger partial charge on any atom is -0.454 e. The van der Waals surface area contributed by atoms with E-state index >= 15 is 0 Å². The number of anilines is 1. The highest BCUT2D eigenvalue weighted by Gasteiger charge is 2.22. The van der Waals surface area contributed by atoms with E-state index in [-0.39, 0.29) is 17.4 Å². The van der Waals surface area contributed by atoms with Gasteiger partial charge in [-0.2, -0.15) is 0 Å². The van der Waals surface area contributed by atoms with E-state index in [0.29, 0.717) is 22.6 Å². The molecule has 0 atom stereocenters. The molecular weight excluding hydrogens is 362 g/mol. The minimum absolute atomic E-state index is 0.00981. The summed E-state index contributed by atoms with van der Waals surface area (Å²) in [4.78, 5) is 12.5. The van der Waals surface area contributed by atoms with E-state index in [2.05, 4.69) is 0 Å². The smallest absolute Gasteiger partial charge is 0.253 e. The number of nitrogens with zero attached hydrogens (tertiary/aromatic N) is 1. The molecule has 2 aromatic carbocycles. The van der Waals surface area contributed by atoms with Gasteiger partial charge in [-0.25, -0.2) is 8.78 Å². The van der Waals surface area contributed by atoms with Gasteiger partial charge in [0.05, 0.1) is 0 Å². The molecule has 0 amide bonds. The van der Waals surface area contributed by atoms with Crippen LogP contribution in [-0.4, -0.2) is 4.57 Å². The van der Waals surface area contributed by atoms with Crippen molar-refractivity contribution in [3.05, 3.63) is 76.2 Å². The second kappa shape index (κ2) is 7.11. The Bertz CT molecular complexity index is 1100. The first kappa shape index (κ1) is 18.2. The first-order valence-corrected chi connectivity index (χ1v) is 9.18. The van der Waals surface area contributed by atoms with Crippen LogP contribution in [0.5, 0.6) is 11.5 Å². The molecule has 1 heterocycles. The van der Waals surface area contributed by atoms with Crippen molar-refractivity contribution in [2.45, 2.75) is 32.2 Å². The third kappa shape index (κ3) is 3.38. The quantitative estimate of drug-likeness (QED) is 0.631. The lowest BCUT2D eigenvalue weighted by atomic mass is 9.92. The van der Waals surface area contributed by atoms with Crippen LogP contribution in [0.2, 0.25) is 0 Å². The number of aromatic nitrogens is 1. The van der Waals surface area contributed by atoms with E-state index in [1.54, 1.807) is 35.8 Å². The molecular formula is C22H20F2N2O2. The van der Waals surface area contributed by atoms with Crippen LogP contribution in [0.25, 0.3) is 11.1 Å². The lowest BCUT2D eigenvalue weighted by molar-refractivity contribution is 0.306. The molecule has 1 aliphatic rings. The summed E-state index contributed by atoms with van der Waals surface area (Å²) in [5.74, 6) is -1.18. The van der Waals surface area contributed by atoms with Gasteiger partial charge < -0.3 is 15.0 Å². The molecule has 3 aromatic rings. The summed E-state index contributed by atoms with van der Waals surface area (Å²) in [7, 11) is 0. The fraction of sp³-hybridized carbons (Fsp3) is 0.227. The molecule has 6 heteroatoms. The SMILES string of the molecule is Cc1cc(-c2cc(N)ccc2Oc2ccc(F)cc2F)cn(C2CCC2)c1=O. The highest BCUT2D eigenvalue weighted by Crippen LogP contribution is 2.37. The molecule has 1 aromatic heterocycles. The molecule has 1 fully saturated rings. The summed E-state index contributed by atoms with van der Waals surface area (Å²) in [5, 5.41) is 0. The highest BCUT2D eigenvalue weighted by atomic mass is 19.1. The normalized spacial score (nSPS) is 14.0. The predicted molar refractivity (Wildman–Crippen MR) is 105 cm³/mol. The molecule has 4 nitrogen and oxygen atoms in total. The molecule has 28 heavy (non-hydrogen) atoms. The first-order valence-electron chi connectivity index (χ1n) is 9.18. The van der Waals surface area contributed by atoms with E-state index in [1.165, 1.54) is 6.07 Å². The number of halogens is 2. The zero-order valence-electron chi connectivity index (χ0n) is 15.4. The molecule has 2 N–H and O–H groups in total. The van der Waals surface area contributed by atoms with Gasteiger partial charge in [0.2, 0.25) is 0 Å². The van der Waals surface area contributed by atoms with Gasteiger partial charge in [-0.3, -0.25) is 4.79 Å². The van der Waals surface area contributed by atoms with E-state index in [1.807, 2.05) is 6.20 Å². The molecule has 1 saturated carbocycles. The molecule has 0 bridgehead atoms. The van der Waals surface area contributed by atoms with Crippen LogP contribution in [-0.2, 0) is 0 Å². The number of nitrogens with two attached hydrogens (primary N) is 1. The van der Waals surface area contributed by atoms with Crippen molar-refractivity contribution in [3.63, 3.8) is 0 Å². The summed E-state index contributed by atoms with van der Waals surface area (Å²) >= 11 is 0. The lowest BCUT2D eigenvalue weighted by Crippen LogP contribution is -2.29. The Morgan fingerprint density at radius 1 is 1.07 bits per heavy atom. The van der Waals surface area contributed by atoms with Gasteiger partial charge in [0, 0.05) is 40.7 Å². The summed E-state index contributed by atoms with van der Waals surface area (Å²) in [5.41, 5.74) is 8.48. The number of rotatable bonds is 4. The van der Waals surface area contributed by atoms with E-state index < -0.39 is 11.6 Å². The van der Waals surface area contributed by atoms with Gasteiger partial charge in [0.1, 0.15) is 11.6 Å². The van der Waals surface area contributed by atoms with Crippen LogP contribution >= 0.6 is 0 Å². The van der Waals surface area contributed by atoms with Crippen LogP contribution in [0.4, 0.5) is 14.5 Å². The van der Waals surface area contributed by atoms with Gasteiger partial charge in [0.15, 0.2) is 11.6 Å². The largest absolute Gasteiger partial charge is 0.454 e. The number of aryl methyl sites for hydroxylation is 1. The summed E-state index contributed by atoms with van der Waals surface area (Å²) in [6.45, 7) is 1.77. The molecule has 0 spiro atoms. The Kier molecular flexibility index (Phi) is 4.63. The van der Waals surface area contributed by atoms with Crippen molar-refractivity contribution >= 4 is 5.69 Å². The van der Waals surface area contributed by atoms with E-state index in [0.717, 1.165) is 37.0 Å². The van der Waals surface area contributed by atoms with Gasteiger partial charge in [0.25, 0.3) is 5.56 Å². The second-order valence-electron chi connectivity index (χ2n) is 7.14. The molecule has 144 valence electrons. The van der Waals surface area contributed by atoms with Crippen molar-refractivity contribution in [1.82, 2.24) is 4.57 Å². The fourth-order valence-electron chi connectivity index (χ4n) is 3.37. The molecule has 4 rings (SSSR count). The summed E-state index contributed by atoms with van der Waals surface area (Å²) < 4.78 is 34.7. The predicted octanol–water partition coefficient (Wildman–Crippen LogP) is 5.20. The number of benzene rings is 2. The number of nitrogen functional groups attached to an aromatic ring is 1. The van der Waals surface area contributed by atoms with Crippen LogP contribution in [0.15, 0.2) is 53.5 Å². The van der Waals surface area contributed by atoms with Crippen molar-refractivity contribution in [1.29, 1.82) is 0 Å². The third-order valence-corrected chi connectivity index (χ3v) is 5.12. The van der Waals surface area contributed by atoms with Crippen molar-refractivity contribution < 1.29 is 13.5 Å². The van der Waals surface area contributed by atoms with Gasteiger partial charge in [-0.15, -0.1) is 0 Å². The zero-order chi connectivity index (χ0) is 19.8. The highest BCUT2D eigenvalue weighted by molar-refractivity contribution is 5.74. The van der Waals surface area contributed by atoms with Gasteiger partial charge in [-0.05, 0) is 62.6 Å². The van der Waals surface area contributed by atoms with Gasteiger partial charge in [-0.1, -0.05) is 0 Å². The van der Waals surface area contributed by atoms with E-state index in [4.69, 9.17) is 10.5 Å². The van der Waals surface area contributed by atoms with Crippen LogP contribution < -0.4 is 16.0 Å². The Balaban J connectivity index is 1.81. The number of hydrogen-bond donors (Lipinski definition) is 1. The molecule has 0 radical (unpaired) electrons. The third-order valence-electron chi connectivity index (χ3n) is 5.12. The van der Waals surface area contributed by atoms with Crippen molar-refractivity contribution in [2.24, 2.45) is 0 Å². The zero-order valence-corrected chi connectivity index (χ0v) is 15.4. The summed E-state index contributed by atoms with van der Waals surface area (Å²) in [6.07, 6.45) is 4.87. The Morgan fingerprint density at radius 2 is 1.82 bits per heavy atom. The fourth-order valence-corrected chi connectivity index (χ4v) is 3.37. The van der Waals surface area contributed by atoms with Crippen LogP contribution in [0, 0.1) is 18.6 Å². The number of ether oxygens (including phenoxy) is 1. The lowest BCUT2D eigenvalue weighted by Gasteiger charge is -2.28. The van der Waals surface area contributed by atoms with Crippen LogP contribution in [0.3, 0.4) is 0 Å². The van der Waals surface area contributed by atoms with E-state index in [9.17, 15) is 13.6 Å². The summed E-state index contributed by atoms with van der Waals surface area (Å²) in [6, 6.07) is 10.1. The Morgan fingerprint density at radius 3 is 2.50 bits per heavy atom. The maximum absolute atomic E-state index is 14.1. The van der Waals surface area contributed by atoms with Crippen molar-refractivity contribution in [2.75, 3.05) is 5.73 Å². The maximum Gasteiger partial charge on any atom is 0.253 e. The number of hydrogen-bond acceptors (Lipinski definition) is 3. The van der Waals surface area contributed by atoms with Crippen LogP contribution in [0.1, 0.15) is 30.9 Å². The standard InChI is InChI=1S/C22H20F2N2O2/c1-13-9-14(12-26(22(13)27)17-3-2-4-17)18-11-16(25)6-8-20(18)28-21-7-5-15(23)10-19(21)24/h5-12,17H,2-4,25H2,1H3. The maximum atomic E-state index is 14.1. The minimum atomic E-state index is -0.793. The topological polar surface area (TPSA) is 57.2 Å². The second-order valence-corrected chi connectivity index (χ2v) is 7.14. The Hall–Kier alpha value is -3.15. The monoisotopic (exact) mass is 382 g/mol. The first-order chi connectivity index (χ1) is 13.4. The molecule has 0 saturated heterocycles. The van der Waals surface area contributed by atoms with Gasteiger partial charge >= 0.3 is 0 Å². The average Bonchev–Trinajstić information content (AvgIpc) is 2.61. The number of pyridine rings is 1. The molecule has 0 unspecified atom stereocenters. The average molecular weight is 382 g/mol.